The van der Waals surface area contributed by atoms with E-state index in [0.717, 1.165) is 33.4 Å². The molecule has 0 atom stereocenters. The fraction of sp³-hybridized carbons (Fsp3) is 0.167. The van der Waals surface area contributed by atoms with E-state index in [1.54, 1.807) is 18.3 Å². The zero-order chi connectivity index (χ0) is 20.9. The minimum absolute atomic E-state index is 0.0414. The number of carbonyl (C=O) groups is 1. The van der Waals surface area contributed by atoms with Crippen LogP contribution in [-0.4, -0.2) is 15.9 Å². The highest BCUT2D eigenvalue weighted by molar-refractivity contribution is 6.31. The van der Waals surface area contributed by atoms with Gasteiger partial charge in [-0.2, -0.15) is 0 Å². The molecule has 4 aromatic rings. The summed E-state index contributed by atoms with van der Waals surface area (Å²) in [7, 11) is 0. The average molecular weight is 422 g/mol. The number of hydrogen-bond acceptors (Lipinski definition) is 2. The van der Waals surface area contributed by atoms with Gasteiger partial charge in [0, 0.05) is 35.1 Å². The van der Waals surface area contributed by atoms with Crippen molar-refractivity contribution in [1.82, 2.24) is 15.3 Å². The average Bonchev–Trinajstić information content (AvgIpc) is 3.11. The summed E-state index contributed by atoms with van der Waals surface area (Å²) in [5.41, 5.74) is 4.38. The highest BCUT2D eigenvalue weighted by Gasteiger charge is 2.15. The summed E-state index contributed by atoms with van der Waals surface area (Å²) < 4.78 is 13.9. The molecular weight excluding hydrogens is 401 g/mol. The Morgan fingerprint density at radius 3 is 2.73 bits per heavy atom. The topological polar surface area (TPSA) is 57.8 Å². The largest absolute Gasteiger partial charge is 0.353 e. The van der Waals surface area contributed by atoms with Crippen LogP contribution in [0.25, 0.3) is 22.3 Å². The number of carbonyl (C=O) groups excluding carboxylic acids is 1. The normalized spacial score (nSPS) is 11.0. The van der Waals surface area contributed by atoms with E-state index in [4.69, 9.17) is 11.6 Å². The molecule has 0 aliphatic heterocycles. The van der Waals surface area contributed by atoms with E-state index in [-0.39, 0.29) is 11.7 Å². The number of benzene rings is 2. The molecule has 2 heterocycles. The summed E-state index contributed by atoms with van der Waals surface area (Å²) in [6.07, 6.45) is 3.37. The van der Waals surface area contributed by atoms with Crippen LogP contribution in [0.4, 0.5) is 4.39 Å². The van der Waals surface area contributed by atoms with E-state index >= 15 is 0 Å². The molecule has 2 N–H and O–H groups in total. The molecule has 4 nitrogen and oxygen atoms in total. The minimum Gasteiger partial charge on any atom is -0.353 e. The first-order chi connectivity index (χ1) is 14.6. The van der Waals surface area contributed by atoms with Crippen molar-refractivity contribution in [2.45, 2.75) is 25.8 Å². The second-order valence-corrected chi connectivity index (χ2v) is 7.51. The number of nitrogens with zero attached hydrogens (tertiary/aromatic N) is 1. The lowest BCUT2D eigenvalue weighted by atomic mass is 10.0. The van der Waals surface area contributed by atoms with Gasteiger partial charge in [-0.15, -0.1) is 0 Å². The predicted octanol–water partition coefficient (Wildman–Crippen LogP) is 5.66. The lowest BCUT2D eigenvalue weighted by Gasteiger charge is -2.08. The monoisotopic (exact) mass is 421 g/mol. The van der Waals surface area contributed by atoms with Crippen LogP contribution >= 0.6 is 11.6 Å². The van der Waals surface area contributed by atoms with Gasteiger partial charge in [0.2, 0.25) is 5.91 Å². The van der Waals surface area contributed by atoms with Gasteiger partial charge in [0.25, 0.3) is 0 Å². The number of aryl methyl sites for hydroxylation is 1. The third kappa shape index (κ3) is 4.52. The second-order valence-electron chi connectivity index (χ2n) is 7.11. The molecule has 2 aromatic heterocycles. The van der Waals surface area contributed by atoms with E-state index < -0.39 is 0 Å². The van der Waals surface area contributed by atoms with Gasteiger partial charge < -0.3 is 10.3 Å². The maximum Gasteiger partial charge on any atom is 0.220 e. The van der Waals surface area contributed by atoms with Crippen molar-refractivity contribution in [3.63, 3.8) is 0 Å². The molecule has 0 aliphatic rings. The van der Waals surface area contributed by atoms with Crippen molar-refractivity contribution in [3.8, 4) is 11.4 Å². The summed E-state index contributed by atoms with van der Waals surface area (Å²) in [5, 5.41) is 4.37. The van der Waals surface area contributed by atoms with Crippen LogP contribution in [0.15, 0.2) is 66.9 Å². The van der Waals surface area contributed by atoms with Crippen LogP contribution in [0.2, 0.25) is 5.02 Å². The number of aromatic nitrogens is 2. The molecule has 152 valence electrons. The Balaban J connectivity index is 1.46. The summed E-state index contributed by atoms with van der Waals surface area (Å²) >= 11 is 6.13. The zero-order valence-corrected chi connectivity index (χ0v) is 17.0. The number of halogens is 2. The van der Waals surface area contributed by atoms with Crippen LogP contribution in [0, 0.1) is 5.82 Å². The Hall–Kier alpha value is -3.18. The van der Waals surface area contributed by atoms with Crippen LogP contribution in [0.5, 0.6) is 0 Å². The number of fused-ring (bicyclic) bond motifs is 1. The first kappa shape index (κ1) is 20.1. The number of pyridine rings is 1. The number of aromatic amines is 1. The summed E-state index contributed by atoms with van der Waals surface area (Å²) in [6.45, 7) is 0.399. The molecule has 6 heteroatoms. The summed E-state index contributed by atoms with van der Waals surface area (Å²) in [4.78, 5) is 20.1. The molecule has 4 rings (SSSR count). The highest BCUT2D eigenvalue weighted by Crippen LogP contribution is 2.31. The molecule has 0 radical (unpaired) electrons. The van der Waals surface area contributed by atoms with Gasteiger partial charge in [-0.05, 0) is 60.4 Å². The van der Waals surface area contributed by atoms with Gasteiger partial charge in [-0.3, -0.25) is 9.78 Å². The maximum absolute atomic E-state index is 13.9. The Labute approximate surface area is 179 Å². The SMILES string of the molecule is O=C(CCCc1c(-c2ccccn2)[nH]c2ccc(F)cc12)NCc1ccccc1Cl. The Morgan fingerprint density at radius 2 is 1.93 bits per heavy atom. The minimum atomic E-state index is -0.284. The maximum atomic E-state index is 13.9. The third-order valence-corrected chi connectivity index (χ3v) is 5.42. The molecule has 1 amide bonds. The van der Waals surface area contributed by atoms with Crippen molar-refractivity contribution in [2.75, 3.05) is 0 Å². The van der Waals surface area contributed by atoms with E-state index in [1.165, 1.54) is 12.1 Å². The lowest BCUT2D eigenvalue weighted by Crippen LogP contribution is -2.22. The van der Waals surface area contributed by atoms with E-state index in [9.17, 15) is 9.18 Å². The fourth-order valence-corrected chi connectivity index (χ4v) is 3.76. The van der Waals surface area contributed by atoms with Crippen molar-refractivity contribution < 1.29 is 9.18 Å². The van der Waals surface area contributed by atoms with E-state index in [1.807, 2.05) is 36.4 Å². The number of nitrogens with one attached hydrogen (secondary N) is 2. The molecule has 0 bridgehead atoms. The third-order valence-electron chi connectivity index (χ3n) is 5.05. The first-order valence-electron chi connectivity index (χ1n) is 9.83. The van der Waals surface area contributed by atoms with Crippen molar-refractivity contribution in [3.05, 3.63) is 88.8 Å². The number of H-pyrrole nitrogens is 1. The number of rotatable bonds is 7. The Bertz CT molecular complexity index is 1170. The van der Waals surface area contributed by atoms with Crippen LogP contribution in [-0.2, 0) is 17.8 Å². The summed E-state index contributed by atoms with van der Waals surface area (Å²) in [6, 6.07) is 17.8. The van der Waals surface area contributed by atoms with Gasteiger partial charge >= 0.3 is 0 Å². The predicted molar refractivity (Wildman–Crippen MR) is 118 cm³/mol. The zero-order valence-electron chi connectivity index (χ0n) is 16.3. The Morgan fingerprint density at radius 1 is 1.10 bits per heavy atom. The molecule has 0 aliphatic carbocycles. The fourth-order valence-electron chi connectivity index (χ4n) is 3.56. The molecule has 0 unspecified atom stereocenters. The lowest BCUT2D eigenvalue weighted by molar-refractivity contribution is -0.121. The van der Waals surface area contributed by atoms with Gasteiger partial charge in [-0.1, -0.05) is 35.9 Å². The van der Waals surface area contributed by atoms with Crippen LogP contribution < -0.4 is 5.32 Å². The molecule has 2 aromatic carbocycles. The standard InChI is InChI=1S/C24H21ClFN3O/c25-20-8-2-1-6-16(20)15-28-23(30)10-5-7-18-19-14-17(26)11-12-21(19)29-24(18)22-9-3-4-13-27-22/h1-4,6,8-9,11-14,29H,5,7,10,15H2,(H,28,30). The molecule has 0 saturated heterocycles. The molecule has 30 heavy (non-hydrogen) atoms. The highest BCUT2D eigenvalue weighted by atomic mass is 35.5. The van der Waals surface area contributed by atoms with Gasteiger partial charge in [0.1, 0.15) is 5.82 Å². The van der Waals surface area contributed by atoms with E-state index in [0.29, 0.717) is 30.8 Å². The molecule has 0 fully saturated rings. The number of hydrogen-bond donors (Lipinski definition) is 2. The quantitative estimate of drug-likeness (QED) is 0.404. The smallest absolute Gasteiger partial charge is 0.220 e. The van der Waals surface area contributed by atoms with Gasteiger partial charge in [0.15, 0.2) is 0 Å². The van der Waals surface area contributed by atoms with Crippen LogP contribution in [0.3, 0.4) is 0 Å². The molecule has 0 saturated carbocycles. The summed E-state index contributed by atoms with van der Waals surface area (Å²) in [5.74, 6) is -0.326. The second kappa shape index (κ2) is 9.09. The van der Waals surface area contributed by atoms with Crippen molar-refractivity contribution in [2.24, 2.45) is 0 Å². The first-order valence-corrected chi connectivity index (χ1v) is 10.2. The molecule has 0 spiro atoms. The van der Waals surface area contributed by atoms with E-state index in [2.05, 4.69) is 15.3 Å². The number of amides is 1. The van der Waals surface area contributed by atoms with Crippen molar-refractivity contribution in [1.29, 1.82) is 0 Å². The molecular formula is C24H21ClFN3O. The Kier molecular flexibility index (Phi) is 6.10. The van der Waals surface area contributed by atoms with Crippen LogP contribution in [0.1, 0.15) is 24.0 Å². The van der Waals surface area contributed by atoms with Gasteiger partial charge in [-0.25, -0.2) is 4.39 Å². The van der Waals surface area contributed by atoms with Crippen molar-refractivity contribution >= 4 is 28.4 Å². The van der Waals surface area contributed by atoms with Gasteiger partial charge in [0.05, 0.1) is 11.4 Å².